The third kappa shape index (κ3) is 2.79. The van der Waals surface area contributed by atoms with Crippen LogP contribution in [0, 0.1) is 29.6 Å². The van der Waals surface area contributed by atoms with Crippen molar-refractivity contribution in [2.45, 2.75) is 38.1 Å². The molecule has 2 amide bonds. The Bertz CT molecular complexity index is 826. The Kier molecular flexibility index (Phi) is 4.31. The average molecular weight is 400 g/mol. The lowest BCUT2D eigenvalue weighted by Crippen LogP contribution is -2.44. The van der Waals surface area contributed by atoms with Crippen LogP contribution < -0.4 is 4.74 Å². The maximum absolute atomic E-state index is 12.9. The number of benzene rings is 1. The lowest BCUT2D eigenvalue weighted by Gasteiger charge is -2.33. The van der Waals surface area contributed by atoms with Crippen LogP contribution in [0.25, 0.3) is 0 Å². The summed E-state index contributed by atoms with van der Waals surface area (Å²) in [5.74, 6) is 0.251. The van der Waals surface area contributed by atoms with E-state index in [0.717, 1.165) is 6.42 Å². The molecule has 146 valence electrons. The molecule has 0 radical (unpaired) electrons. The largest absolute Gasteiger partial charge is 0.426 e. The van der Waals surface area contributed by atoms with E-state index in [0.29, 0.717) is 36.5 Å². The van der Waals surface area contributed by atoms with Gasteiger partial charge in [-0.1, -0.05) is 23.8 Å². The number of ether oxygens (including phenoxy) is 1. The number of carbonyl (C=O) groups excluding carboxylic acids is 3. The van der Waals surface area contributed by atoms with Gasteiger partial charge in [-0.05, 0) is 68.2 Å². The lowest BCUT2D eigenvalue weighted by molar-refractivity contribution is -0.145. The van der Waals surface area contributed by atoms with Crippen molar-refractivity contribution in [3.8, 4) is 5.75 Å². The molecule has 0 aromatic heterocycles. The van der Waals surface area contributed by atoms with Crippen LogP contribution in [0.5, 0.6) is 5.75 Å². The van der Waals surface area contributed by atoms with E-state index < -0.39 is 0 Å². The van der Waals surface area contributed by atoms with Crippen molar-refractivity contribution in [2.24, 2.45) is 29.6 Å². The fourth-order valence-corrected chi connectivity index (χ4v) is 5.68. The summed E-state index contributed by atoms with van der Waals surface area (Å²) in [7, 11) is 0. The van der Waals surface area contributed by atoms with E-state index in [9.17, 15) is 14.4 Å². The number of likely N-dealkylation sites (tertiary alicyclic amines) is 1. The first kappa shape index (κ1) is 17.9. The smallest absolute Gasteiger partial charge is 0.314 e. The van der Waals surface area contributed by atoms with E-state index in [1.165, 1.54) is 0 Å². The zero-order valence-electron chi connectivity index (χ0n) is 15.4. The molecule has 0 spiro atoms. The van der Waals surface area contributed by atoms with Gasteiger partial charge in [0, 0.05) is 11.1 Å². The monoisotopic (exact) mass is 399 g/mol. The van der Waals surface area contributed by atoms with Gasteiger partial charge in [0.05, 0.1) is 17.8 Å². The second kappa shape index (κ2) is 6.73. The van der Waals surface area contributed by atoms with Gasteiger partial charge in [-0.25, -0.2) is 0 Å². The van der Waals surface area contributed by atoms with Crippen LogP contribution in [0.15, 0.2) is 36.4 Å². The van der Waals surface area contributed by atoms with E-state index >= 15 is 0 Å². The van der Waals surface area contributed by atoms with Crippen molar-refractivity contribution in [1.29, 1.82) is 0 Å². The number of halogens is 1. The average Bonchev–Trinajstić information content (AvgIpc) is 3.38. The zero-order valence-corrected chi connectivity index (χ0v) is 16.2. The molecule has 2 bridgehead atoms. The van der Waals surface area contributed by atoms with Gasteiger partial charge in [-0.3, -0.25) is 19.3 Å². The van der Waals surface area contributed by atoms with Crippen LogP contribution in [0.4, 0.5) is 0 Å². The Labute approximate surface area is 168 Å². The number of hydrogen-bond acceptors (Lipinski definition) is 4. The van der Waals surface area contributed by atoms with E-state index in [4.69, 9.17) is 16.3 Å². The molecule has 3 aliphatic carbocycles. The maximum atomic E-state index is 12.9. The topological polar surface area (TPSA) is 63.7 Å². The van der Waals surface area contributed by atoms with Gasteiger partial charge < -0.3 is 4.74 Å². The van der Waals surface area contributed by atoms with E-state index in [1.54, 1.807) is 29.2 Å². The second-order valence-corrected chi connectivity index (χ2v) is 8.86. The number of amides is 2. The van der Waals surface area contributed by atoms with Crippen molar-refractivity contribution in [3.63, 3.8) is 0 Å². The molecule has 0 unspecified atom stereocenters. The molecular weight excluding hydrogens is 378 g/mol. The molecule has 1 aliphatic heterocycles. The van der Waals surface area contributed by atoms with Crippen molar-refractivity contribution in [3.05, 3.63) is 41.4 Å². The summed E-state index contributed by atoms with van der Waals surface area (Å²) in [6.07, 6.45) is 7.78. The molecule has 1 aromatic rings. The number of allylic oxidation sites excluding steroid dienone is 2. The first-order chi connectivity index (χ1) is 13.5. The quantitative estimate of drug-likeness (QED) is 0.337. The predicted molar refractivity (Wildman–Crippen MR) is 102 cm³/mol. The van der Waals surface area contributed by atoms with Crippen molar-refractivity contribution >= 4 is 29.4 Å². The fraction of sp³-hybridized carbons (Fsp3) is 0.500. The first-order valence-electron chi connectivity index (χ1n) is 10.1. The van der Waals surface area contributed by atoms with Crippen LogP contribution in [0.2, 0.25) is 5.02 Å². The Morgan fingerprint density at radius 2 is 1.50 bits per heavy atom. The number of imide groups is 1. The summed E-state index contributed by atoms with van der Waals surface area (Å²) >= 11 is 5.85. The minimum absolute atomic E-state index is 0.0130. The zero-order chi connectivity index (χ0) is 19.4. The van der Waals surface area contributed by atoms with Gasteiger partial charge in [-0.15, -0.1) is 0 Å². The fourth-order valence-electron chi connectivity index (χ4n) is 5.56. The minimum atomic E-state index is -0.251. The molecule has 4 aliphatic rings. The van der Waals surface area contributed by atoms with Gasteiger partial charge in [0.1, 0.15) is 5.75 Å². The minimum Gasteiger partial charge on any atom is -0.426 e. The Balaban J connectivity index is 1.21. The first-order valence-corrected chi connectivity index (χ1v) is 10.4. The number of carbonyl (C=O) groups is 3. The molecule has 5 nitrogen and oxygen atoms in total. The third-order valence-corrected chi connectivity index (χ3v) is 7.18. The van der Waals surface area contributed by atoms with E-state index in [-0.39, 0.29) is 53.4 Å². The van der Waals surface area contributed by atoms with Gasteiger partial charge in [0.2, 0.25) is 11.8 Å². The number of fused-ring (bicyclic) bond motifs is 5. The van der Waals surface area contributed by atoms with Crippen LogP contribution in [0.1, 0.15) is 32.1 Å². The Morgan fingerprint density at radius 3 is 2.07 bits per heavy atom. The summed E-state index contributed by atoms with van der Waals surface area (Å²) in [6, 6.07) is 6.64. The van der Waals surface area contributed by atoms with Crippen LogP contribution in [-0.4, -0.2) is 28.7 Å². The normalized spacial score (nSPS) is 36.1. The summed E-state index contributed by atoms with van der Waals surface area (Å²) < 4.78 is 5.46. The second-order valence-electron chi connectivity index (χ2n) is 8.43. The third-order valence-electron chi connectivity index (χ3n) is 6.93. The highest BCUT2D eigenvalue weighted by Crippen LogP contribution is 2.53. The number of hydrogen-bond donors (Lipinski definition) is 0. The SMILES string of the molecule is O=C(Oc1ccc(Cl)cc1)C1CCC(N2C(=O)[C@H]3[C@H](C2=O)[C@H]2C=C[C@H]3C2)CC1. The van der Waals surface area contributed by atoms with Crippen LogP contribution in [-0.2, 0) is 14.4 Å². The summed E-state index contributed by atoms with van der Waals surface area (Å²) in [4.78, 5) is 39.9. The van der Waals surface area contributed by atoms with Crippen molar-refractivity contribution < 1.29 is 19.1 Å². The molecule has 28 heavy (non-hydrogen) atoms. The molecule has 5 rings (SSSR count). The van der Waals surface area contributed by atoms with Gasteiger partial charge in [-0.2, -0.15) is 0 Å². The van der Waals surface area contributed by atoms with Gasteiger partial charge in [0.15, 0.2) is 0 Å². The van der Waals surface area contributed by atoms with Crippen LogP contribution >= 0.6 is 11.6 Å². The maximum Gasteiger partial charge on any atom is 0.314 e. The van der Waals surface area contributed by atoms with E-state index in [2.05, 4.69) is 12.2 Å². The van der Waals surface area contributed by atoms with Crippen molar-refractivity contribution in [1.82, 2.24) is 4.90 Å². The molecular formula is C22H22ClNO4. The molecule has 2 saturated carbocycles. The Morgan fingerprint density at radius 1 is 0.929 bits per heavy atom. The molecule has 3 fully saturated rings. The highest BCUT2D eigenvalue weighted by atomic mass is 35.5. The number of rotatable bonds is 3. The van der Waals surface area contributed by atoms with E-state index in [1.807, 2.05) is 0 Å². The lowest BCUT2D eigenvalue weighted by atomic mass is 9.85. The molecule has 1 aromatic carbocycles. The summed E-state index contributed by atoms with van der Waals surface area (Å²) in [5, 5.41) is 0.591. The number of esters is 1. The van der Waals surface area contributed by atoms with Crippen LogP contribution in [0.3, 0.4) is 0 Å². The molecule has 0 N–H and O–H groups in total. The molecule has 6 heteroatoms. The number of nitrogens with zero attached hydrogens (tertiary/aromatic N) is 1. The van der Waals surface area contributed by atoms with Crippen molar-refractivity contribution in [2.75, 3.05) is 0 Å². The van der Waals surface area contributed by atoms with Gasteiger partial charge >= 0.3 is 5.97 Å². The molecule has 1 saturated heterocycles. The predicted octanol–water partition coefficient (Wildman–Crippen LogP) is 3.61. The highest BCUT2D eigenvalue weighted by molar-refractivity contribution is 6.30. The highest BCUT2D eigenvalue weighted by Gasteiger charge is 2.60. The Hall–Kier alpha value is -2.14. The molecule has 1 heterocycles. The van der Waals surface area contributed by atoms with Gasteiger partial charge in [0.25, 0.3) is 0 Å². The standard InChI is InChI=1S/C22H22ClNO4/c23-15-5-9-17(10-6-15)28-22(27)12-3-7-16(8-4-12)24-20(25)18-13-1-2-14(11-13)19(18)21(24)26/h1-2,5-6,9-10,12-14,16,18-19H,3-4,7-8,11H2/t12?,13-,14-,16?,18+,19+/m0/s1. The summed E-state index contributed by atoms with van der Waals surface area (Å²) in [6.45, 7) is 0. The molecule has 4 atom stereocenters. The summed E-state index contributed by atoms with van der Waals surface area (Å²) in [5.41, 5.74) is 0.